The van der Waals surface area contributed by atoms with Gasteiger partial charge in [0.2, 0.25) is 0 Å². The number of unbranched alkanes of at least 4 members (excludes halogenated alkanes) is 7. The van der Waals surface area contributed by atoms with Crippen molar-refractivity contribution >= 4 is 5.97 Å². The molecule has 0 saturated carbocycles. The number of ether oxygens (including phenoxy) is 1. The molecule has 0 aliphatic carbocycles. The summed E-state index contributed by atoms with van der Waals surface area (Å²) in [6, 6.07) is 0. The highest BCUT2D eigenvalue weighted by Crippen LogP contribution is 2.20. The molecule has 5 heteroatoms. The summed E-state index contributed by atoms with van der Waals surface area (Å²) < 4.78 is 40.6. The van der Waals surface area contributed by atoms with Crippen molar-refractivity contribution in [1.82, 2.24) is 0 Å². The van der Waals surface area contributed by atoms with E-state index in [2.05, 4.69) is 11.7 Å². The van der Waals surface area contributed by atoms with Crippen molar-refractivity contribution in [3.05, 3.63) is 0 Å². The molecule has 0 amide bonds. The number of rotatable bonds is 11. The van der Waals surface area contributed by atoms with Gasteiger partial charge >= 0.3 is 12.1 Å². The van der Waals surface area contributed by atoms with Gasteiger partial charge in [0.1, 0.15) is 6.10 Å². The van der Waals surface area contributed by atoms with E-state index in [1.807, 2.05) is 0 Å². The molecular weight excluding hydrogens is 269 g/mol. The highest BCUT2D eigenvalue weighted by molar-refractivity contribution is 5.75. The van der Waals surface area contributed by atoms with E-state index in [0.29, 0.717) is 12.8 Å². The SMILES string of the molecule is CCCCCCCCCCC(CC)OC(=O)C(F)(F)F. The molecule has 0 radical (unpaired) electrons. The standard InChI is InChI=1S/C15H27F3O2/c1-3-5-6-7-8-9-10-11-12-13(4-2)20-14(19)15(16,17)18/h13H,3-12H2,1-2H3. The molecule has 0 aromatic carbocycles. The normalized spacial score (nSPS) is 13.2. The van der Waals surface area contributed by atoms with E-state index in [4.69, 9.17) is 0 Å². The van der Waals surface area contributed by atoms with Gasteiger partial charge in [0.05, 0.1) is 0 Å². The topological polar surface area (TPSA) is 26.3 Å². The van der Waals surface area contributed by atoms with Gasteiger partial charge in [-0.25, -0.2) is 4.79 Å². The van der Waals surface area contributed by atoms with Crippen molar-refractivity contribution in [2.75, 3.05) is 0 Å². The van der Waals surface area contributed by atoms with Crippen LogP contribution in [0.25, 0.3) is 0 Å². The fraction of sp³-hybridized carbons (Fsp3) is 0.933. The lowest BCUT2D eigenvalue weighted by Gasteiger charge is -2.17. The zero-order valence-corrected chi connectivity index (χ0v) is 12.6. The number of esters is 1. The molecule has 1 unspecified atom stereocenters. The highest BCUT2D eigenvalue weighted by atomic mass is 19.4. The number of halogens is 3. The Morgan fingerprint density at radius 1 is 0.950 bits per heavy atom. The van der Waals surface area contributed by atoms with Crippen molar-refractivity contribution < 1.29 is 22.7 Å². The molecule has 0 saturated heterocycles. The first-order chi connectivity index (χ1) is 9.41. The van der Waals surface area contributed by atoms with Gasteiger partial charge in [-0.05, 0) is 19.3 Å². The molecule has 0 aromatic heterocycles. The van der Waals surface area contributed by atoms with Crippen LogP contribution < -0.4 is 0 Å². The number of carbonyl (C=O) groups is 1. The van der Waals surface area contributed by atoms with Crippen LogP contribution >= 0.6 is 0 Å². The molecule has 0 aliphatic rings. The van der Waals surface area contributed by atoms with Crippen LogP contribution in [0.1, 0.15) is 78.1 Å². The zero-order valence-electron chi connectivity index (χ0n) is 12.6. The fourth-order valence-corrected chi connectivity index (χ4v) is 2.07. The second-order valence-electron chi connectivity index (χ2n) is 5.20. The summed E-state index contributed by atoms with van der Waals surface area (Å²) in [7, 11) is 0. The molecule has 20 heavy (non-hydrogen) atoms. The Kier molecular flexibility index (Phi) is 10.6. The van der Waals surface area contributed by atoms with E-state index in [0.717, 1.165) is 19.3 Å². The number of carbonyl (C=O) groups excluding carboxylic acids is 1. The summed E-state index contributed by atoms with van der Waals surface area (Å²) in [5.74, 6) is -2.07. The smallest absolute Gasteiger partial charge is 0.456 e. The van der Waals surface area contributed by atoms with Crippen molar-refractivity contribution in [1.29, 1.82) is 0 Å². The lowest BCUT2D eigenvalue weighted by atomic mass is 10.0. The van der Waals surface area contributed by atoms with Crippen LogP contribution in [0.15, 0.2) is 0 Å². The average Bonchev–Trinajstić information content (AvgIpc) is 2.39. The summed E-state index contributed by atoms with van der Waals surface area (Å²) >= 11 is 0. The van der Waals surface area contributed by atoms with Crippen LogP contribution in [0.3, 0.4) is 0 Å². The maximum atomic E-state index is 12.1. The van der Waals surface area contributed by atoms with Gasteiger partial charge in [0.15, 0.2) is 0 Å². The molecule has 0 fully saturated rings. The molecule has 0 rings (SSSR count). The van der Waals surface area contributed by atoms with Crippen LogP contribution in [-0.4, -0.2) is 18.2 Å². The second-order valence-corrected chi connectivity index (χ2v) is 5.20. The molecule has 120 valence electrons. The van der Waals surface area contributed by atoms with Crippen LogP contribution in [0.5, 0.6) is 0 Å². The Balaban J connectivity index is 3.63. The van der Waals surface area contributed by atoms with E-state index in [9.17, 15) is 18.0 Å². The molecule has 0 aromatic rings. The average molecular weight is 296 g/mol. The quantitative estimate of drug-likeness (QED) is 0.377. The maximum absolute atomic E-state index is 12.1. The largest absolute Gasteiger partial charge is 0.490 e. The molecule has 0 N–H and O–H groups in total. The highest BCUT2D eigenvalue weighted by Gasteiger charge is 2.41. The first-order valence-corrected chi connectivity index (χ1v) is 7.69. The van der Waals surface area contributed by atoms with Crippen LogP contribution in [0, 0.1) is 0 Å². The first-order valence-electron chi connectivity index (χ1n) is 7.69. The Hall–Kier alpha value is -0.740. The third-order valence-electron chi connectivity index (χ3n) is 3.34. The van der Waals surface area contributed by atoms with E-state index < -0.39 is 18.2 Å². The van der Waals surface area contributed by atoms with Crippen molar-refractivity contribution in [2.24, 2.45) is 0 Å². The Morgan fingerprint density at radius 2 is 1.45 bits per heavy atom. The fourth-order valence-electron chi connectivity index (χ4n) is 2.07. The molecule has 0 bridgehead atoms. The predicted molar refractivity (Wildman–Crippen MR) is 73.5 cm³/mol. The summed E-state index contributed by atoms with van der Waals surface area (Å²) in [6.07, 6.45) is 4.54. The number of hydrogen-bond acceptors (Lipinski definition) is 2. The second kappa shape index (κ2) is 11.0. The molecule has 2 nitrogen and oxygen atoms in total. The monoisotopic (exact) mass is 296 g/mol. The minimum absolute atomic E-state index is 0.429. The summed E-state index contributed by atoms with van der Waals surface area (Å²) in [5, 5.41) is 0. The van der Waals surface area contributed by atoms with Crippen molar-refractivity contribution in [3.63, 3.8) is 0 Å². The van der Waals surface area contributed by atoms with Gasteiger partial charge in [0, 0.05) is 0 Å². The van der Waals surface area contributed by atoms with Gasteiger partial charge in [-0.2, -0.15) is 13.2 Å². The first kappa shape index (κ1) is 19.3. The molecular formula is C15H27F3O2. The number of alkyl halides is 3. The summed E-state index contributed by atoms with van der Waals surface area (Å²) in [5.41, 5.74) is 0. The van der Waals surface area contributed by atoms with Gasteiger partial charge < -0.3 is 4.74 Å². The third kappa shape index (κ3) is 10.1. The van der Waals surface area contributed by atoms with Gasteiger partial charge in [-0.1, -0.05) is 58.8 Å². The van der Waals surface area contributed by atoms with Gasteiger partial charge in [-0.15, -0.1) is 0 Å². The van der Waals surface area contributed by atoms with E-state index in [1.54, 1.807) is 6.92 Å². The molecule has 0 heterocycles. The van der Waals surface area contributed by atoms with Crippen molar-refractivity contribution in [2.45, 2.75) is 90.3 Å². The van der Waals surface area contributed by atoms with E-state index in [1.165, 1.54) is 32.1 Å². The summed E-state index contributed by atoms with van der Waals surface area (Å²) in [6.45, 7) is 3.91. The third-order valence-corrected chi connectivity index (χ3v) is 3.34. The molecule has 0 aliphatic heterocycles. The van der Waals surface area contributed by atoms with Gasteiger partial charge in [0.25, 0.3) is 0 Å². The van der Waals surface area contributed by atoms with Crippen LogP contribution in [-0.2, 0) is 9.53 Å². The van der Waals surface area contributed by atoms with Crippen molar-refractivity contribution in [3.8, 4) is 0 Å². The number of hydrogen-bond donors (Lipinski definition) is 0. The minimum atomic E-state index is -4.88. The predicted octanol–water partition coefficient (Wildman–Crippen LogP) is 5.40. The lowest BCUT2D eigenvalue weighted by molar-refractivity contribution is -0.205. The zero-order chi connectivity index (χ0) is 15.4. The molecule has 1 atom stereocenters. The Bertz CT molecular complexity index is 252. The minimum Gasteiger partial charge on any atom is -0.456 e. The molecule has 0 spiro atoms. The Morgan fingerprint density at radius 3 is 1.90 bits per heavy atom. The van der Waals surface area contributed by atoms with Crippen LogP contribution in [0.2, 0.25) is 0 Å². The summed E-state index contributed by atoms with van der Waals surface area (Å²) in [4.78, 5) is 10.7. The Labute approximate surface area is 120 Å². The van der Waals surface area contributed by atoms with Crippen LogP contribution in [0.4, 0.5) is 13.2 Å². The van der Waals surface area contributed by atoms with E-state index in [-0.39, 0.29) is 0 Å². The van der Waals surface area contributed by atoms with E-state index >= 15 is 0 Å². The maximum Gasteiger partial charge on any atom is 0.490 e. The lowest BCUT2D eigenvalue weighted by Crippen LogP contribution is -2.29. The van der Waals surface area contributed by atoms with Gasteiger partial charge in [-0.3, -0.25) is 0 Å².